The van der Waals surface area contributed by atoms with Gasteiger partial charge in [0.1, 0.15) is 5.75 Å². The minimum absolute atomic E-state index is 0.129. The molecule has 1 heterocycles. The van der Waals surface area contributed by atoms with Crippen molar-refractivity contribution >= 4 is 17.6 Å². The third-order valence-electron chi connectivity index (χ3n) is 6.08. The van der Waals surface area contributed by atoms with Gasteiger partial charge in [0.15, 0.2) is 0 Å². The zero-order valence-corrected chi connectivity index (χ0v) is 19.0. The van der Waals surface area contributed by atoms with Crippen LogP contribution >= 0.6 is 0 Å². The largest absolute Gasteiger partial charge is 0.573 e. The van der Waals surface area contributed by atoms with Crippen LogP contribution in [0.4, 0.5) is 18.9 Å². The summed E-state index contributed by atoms with van der Waals surface area (Å²) in [7, 11) is 0. The van der Waals surface area contributed by atoms with Crippen LogP contribution in [-0.4, -0.2) is 29.4 Å². The van der Waals surface area contributed by atoms with Crippen LogP contribution < -0.4 is 10.1 Å². The number of esters is 1. The smallest absolute Gasteiger partial charge is 0.462 e. The van der Waals surface area contributed by atoms with E-state index in [0.29, 0.717) is 23.8 Å². The summed E-state index contributed by atoms with van der Waals surface area (Å²) in [5.41, 5.74) is 2.92. The highest BCUT2D eigenvalue weighted by molar-refractivity contribution is 5.92. The molecule has 0 saturated heterocycles. The summed E-state index contributed by atoms with van der Waals surface area (Å²) in [6.45, 7) is 6.79. The van der Waals surface area contributed by atoms with Gasteiger partial charge in [-0.25, -0.2) is 4.79 Å². The summed E-state index contributed by atoms with van der Waals surface area (Å²) in [5.74, 6) is -0.518. The van der Waals surface area contributed by atoms with Crippen molar-refractivity contribution in [2.24, 2.45) is 11.8 Å². The van der Waals surface area contributed by atoms with Gasteiger partial charge in [0.2, 0.25) is 5.91 Å². The Morgan fingerprint density at radius 3 is 2.30 bits per heavy atom. The fourth-order valence-electron chi connectivity index (χ4n) is 4.35. The van der Waals surface area contributed by atoms with Crippen LogP contribution in [0.1, 0.15) is 54.4 Å². The van der Waals surface area contributed by atoms with Crippen molar-refractivity contribution in [2.75, 3.05) is 11.9 Å². The van der Waals surface area contributed by atoms with Gasteiger partial charge in [-0.2, -0.15) is 0 Å². The minimum atomic E-state index is -4.75. The Bertz CT molecular complexity index is 975. The molecule has 6 nitrogen and oxygen atoms in total. The lowest BCUT2D eigenvalue weighted by Crippen LogP contribution is -2.28. The van der Waals surface area contributed by atoms with Crippen molar-refractivity contribution in [3.8, 4) is 5.75 Å². The number of carbonyl (C=O) groups excluding carboxylic acids is 2. The van der Waals surface area contributed by atoms with Crippen LogP contribution in [-0.2, 0) is 16.1 Å². The molecule has 0 spiro atoms. The molecule has 1 amide bonds. The molecule has 0 unspecified atom stereocenters. The van der Waals surface area contributed by atoms with Gasteiger partial charge in [0.25, 0.3) is 0 Å². The van der Waals surface area contributed by atoms with Crippen LogP contribution in [0.15, 0.2) is 30.3 Å². The molecule has 0 radical (unpaired) electrons. The minimum Gasteiger partial charge on any atom is -0.462 e. The second kappa shape index (κ2) is 10.3. The second-order valence-electron chi connectivity index (χ2n) is 8.39. The van der Waals surface area contributed by atoms with Gasteiger partial charge in [-0.3, -0.25) is 4.79 Å². The number of anilines is 1. The third-order valence-corrected chi connectivity index (χ3v) is 6.08. The van der Waals surface area contributed by atoms with E-state index < -0.39 is 6.36 Å². The van der Waals surface area contributed by atoms with E-state index >= 15 is 0 Å². The van der Waals surface area contributed by atoms with Gasteiger partial charge in [0.05, 0.1) is 12.2 Å². The highest BCUT2D eigenvalue weighted by atomic mass is 19.4. The molecular weight excluding hydrogens is 437 g/mol. The van der Waals surface area contributed by atoms with E-state index in [4.69, 9.17) is 4.74 Å². The number of carbonyl (C=O) groups is 2. The van der Waals surface area contributed by atoms with Crippen LogP contribution in [0, 0.1) is 25.7 Å². The van der Waals surface area contributed by atoms with E-state index in [1.807, 2.05) is 19.9 Å². The molecule has 1 fully saturated rings. The molecule has 9 heteroatoms. The van der Waals surface area contributed by atoms with Gasteiger partial charge in [-0.1, -0.05) is 0 Å². The SMILES string of the molecule is CCOC(=O)c1cc(C)n(CC2CCC(C(=O)Nc3ccc(OC(F)(F)F)cc3)CC2)c1C. The predicted octanol–water partition coefficient (Wildman–Crippen LogP) is 5.63. The first kappa shape index (κ1) is 24.7. The summed E-state index contributed by atoms with van der Waals surface area (Å²) < 4.78 is 47.9. The van der Waals surface area contributed by atoms with Gasteiger partial charge < -0.3 is 19.4 Å². The third kappa shape index (κ3) is 6.52. The molecule has 3 rings (SSSR count). The van der Waals surface area contributed by atoms with Gasteiger partial charge in [-0.05, 0) is 82.7 Å². The van der Waals surface area contributed by atoms with Crippen LogP contribution in [0.3, 0.4) is 0 Å². The van der Waals surface area contributed by atoms with Crippen LogP contribution in [0.5, 0.6) is 5.75 Å². The highest BCUT2D eigenvalue weighted by Crippen LogP contribution is 2.32. The molecule has 0 bridgehead atoms. The van der Waals surface area contributed by atoms with E-state index in [9.17, 15) is 22.8 Å². The lowest BCUT2D eigenvalue weighted by Gasteiger charge is -2.29. The van der Waals surface area contributed by atoms with Crippen molar-refractivity contribution in [3.05, 3.63) is 47.3 Å². The highest BCUT2D eigenvalue weighted by Gasteiger charge is 2.31. The number of alkyl halides is 3. The Balaban J connectivity index is 1.52. The Labute approximate surface area is 191 Å². The average molecular weight is 467 g/mol. The summed E-state index contributed by atoms with van der Waals surface area (Å²) >= 11 is 0. The monoisotopic (exact) mass is 466 g/mol. The fourth-order valence-corrected chi connectivity index (χ4v) is 4.35. The van der Waals surface area contributed by atoms with Gasteiger partial charge in [-0.15, -0.1) is 13.2 Å². The van der Waals surface area contributed by atoms with E-state index in [-0.39, 0.29) is 23.5 Å². The number of amides is 1. The van der Waals surface area contributed by atoms with E-state index in [1.54, 1.807) is 6.92 Å². The second-order valence-corrected chi connectivity index (χ2v) is 8.39. The Kier molecular flexibility index (Phi) is 7.71. The molecule has 2 aromatic rings. The summed E-state index contributed by atoms with van der Waals surface area (Å²) in [4.78, 5) is 24.7. The van der Waals surface area contributed by atoms with E-state index in [2.05, 4.69) is 14.6 Å². The quantitative estimate of drug-likeness (QED) is 0.538. The number of aryl methyl sites for hydroxylation is 1. The molecule has 180 valence electrons. The van der Waals surface area contributed by atoms with Gasteiger partial charge >= 0.3 is 12.3 Å². The maximum Gasteiger partial charge on any atom is 0.573 e. The summed E-state index contributed by atoms with van der Waals surface area (Å²) in [6, 6.07) is 6.99. The number of benzene rings is 1. The van der Waals surface area contributed by atoms with E-state index in [0.717, 1.165) is 43.6 Å². The Morgan fingerprint density at radius 1 is 1.09 bits per heavy atom. The van der Waals surface area contributed by atoms with Crippen LogP contribution in [0.25, 0.3) is 0 Å². The molecule has 1 N–H and O–H groups in total. The van der Waals surface area contributed by atoms with Crippen LogP contribution in [0.2, 0.25) is 0 Å². The molecular formula is C24H29F3N2O4. The van der Waals surface area contributed by atoms with Crippen molar-refractivity contribution in [1.29, 1.82) is 0 Å². The zero-order valence-electron chi connectivity index (χ0n) is 19.0. The number of aromatic nitrogens is 1. The first-order valence-electron chi connectivity index (χ1n) is 11.1. The first-order valence-corrected chi connectivity index (χ1v) is 11.1. The predicted molar refractivity (Wildman–Crippen MR) is 117 cm³/mol. The topological polar surface area (TPSA) is 69.6 Å². The fraction of sp³-hybridized carbons (Fsp3) is 0.500. The lowest BCUT2D eigenvalue weighted by atomic mass is 9.81. The standard InChI is InChI=1S/C24H29F3N2O4/c1-4-32-23(31)21-13-15(2)29(16(21)3)14-17-5-7-18(8-6-17)22(30)28-19-9-11-20(12-10-19)33-24(25,26)27/h9-13,17-18H,4-8,14H2,1-3H3,(H,28,30). The number of nitrogens with one attached hydrogen (secondary N) is 1. The van der Waals surface area contributed by atoms with Gasteiger partial charge in [0, 0.05) is 29.5 Å². The molecule has 1 aliphatic rings. The van der Waals surface area contributed by atoms with E-state index in [1.165, 1.54) is 24.3 Å². The first-order chi connectivity index (χ1) is 15.6. The molecule has 33 heavy (non-hydrogen) atoms. The van der Waals surface area contributed by atoms with Crippen molar-refractivity contribution in [1.82, 2.24) is 4.57 Å². The maximum atomic E-state index is 12.6. The molecule has 0 aliphatic heterocycles. The van der Waals surface area contributed by atoms with Crippen molar-refractivity contribution < 1.29 is 32.2 Å². The number of halogens is 3. The molecule has 0 atom stereocenters. The number of hydrogen-bond acceptors (Lipinski definition) is 4. The van der Waals surface area contributed by atoms with Crippen molar-refractivity contribution in [2.45, 2.75) is 59.4 Å². The summed E-state index contributed by atoms with van der Waals surface area (Å²) in [5, 5.41) is 2.78. The summed E-state index contributed by atoms with van der Waals surface area (Å²) in [6.07, 6.45) is -1.53. The number of rotatable bonds is 7. The lowest BCUT2D eigenvalue weighted by molar-refractivity contribution is -0.274. The maximum absolute atomic E-state index is 12.6. The Morgan fingerprint density at radius 2 is 1.73 bits per heavy atom. The zero-order chi connectivity index (χ0) is 24.2. The normalized spacial score (nSPS) is 18.6. The molecule has 1 aromatic heterocycles. The average Bonchev–Trinajstić information content (AvgIpc) is 3.03. The Hall–Kier alpha value is -2.97. The molecule has 1 aromatic carbocycles. The molecule has 1 aliphatic carbocycles. The van der Waals surface area contributed by atoms with Crippen molar-refractivity contribution in [3.63, 3.8) is 0 Å². The number of ether oxygens (including phenoxy) is 2. The number of nitrogens with zero attached hydrogens (tertiary/aromatic N) is 1. The number of hydrogen-bond donors (Lipinski definition) is 1. The molecule has 1 saturated carbocycles.